The topological polar surface area (TPSA) is 49.9 Å². The van der Waals surface area contributed by atoms with Crippen molar-refractivity contribution in [2.45, 2.75) is 13.8 Å². The molecule has 1 saturated heterocycles. The average molecular weight is 397 g/mol. The smallest absolute Gasteiger partial charge is 0.293 e. The zero-order chi connectivity index (χ0) is 19.9. The van der Waals surface area contributed by atoms with Crippen LogP contribution in [0.2, 0.25) is 0 Å². The molecule has 146 valence electrons. The minimum Gasteiger partial charge on any atom is -0.492 e. The van der Waals surface area contributed by atoms with Gasteiger partial charge in [0.25, 0.3) is 11.1 Å². The molecule has 1 aliphatic rings. The van der Waals surface area contributed by atoms with Crippen molar-refractivity contribution in [1.82, 2.24) is 4.90 Å². The molecule has 6 heteroatoms. The van der Waals surface area contributed by atoms with E-state index in [1.54, 1.807) is 6.08 Å². The molecule has 2 aromatic carbocycles. The van der Waals surface area contributed by atoms with Crippen LogP contribution in [0.5, 0.6) is 5.75 Å². The summed E-state index contributed by atoms with van der Waals surface area (Å²) in [6.07, 6.45) is 1.77. The lowest BCUT2D eigenvalue weighted by Gasteiger charge is -2.20. The number of thioether (sulfide) groups is 1. The molecule has 0 aliphatic carbocycles. The van der Waals surface area contributed by atoms with Gasteiger partial charge in [-0.3, -0.25) is 14.5 Å². The summed E-state index contributed by atoms with van der Waals surface area (Å²) >= 11 is 0.975. The van der Waals surface area contributed by atoms with Crippen molar-refractivity contribution in [2.24, 2.45) is 0 Å². The molecule has 28 heavy (non-hydrogen) atoms. The van der Waals surface area contributed by atoms with Gasteiger partial charge in [-0.15, -0.1) is 0 Å². The summed E-state index contributed by atoms with van der Waals surface area (Å²) in [4.78, 5) is 28.7. The molecule has 1 aliphatic heterocycles. The van der Waals surface area contributed by atoms with Gasteiger partial charge in [-0.25, -0.2) is 0 Å². The summed E-state index contributed by atoms with van der Waals surface area (Å²) < 4.78 is 5.60. The first-order chi connectivity index (χ1) is 13.6. The van der Waals surface area contributed by atoms with E-state index in [9.17, 15) is 9.59 Å². The molecule has 3 rings (SSSR count). The molecular formula is C22H24N2O3S. The number of rotatable bonds is 8. The van der Waals surface area contributed by atoms with Crippen molar-refractivity contribution >= 4 is 34.7 Å². The number of carbonyl (C=O) groups excluding carboxylic acids is 2. The highest BCUT2D eigenvalue weighted by atomic mass is 32.2. The number of hydrogen-bond donors (Lipinski definition) is 0. The van der Waals surface area contributed by atoms with Crippen LogP contribution in [0.25, 0.3) is 6.08 Å². The van der Waals surface area contributed by atoms with E-state index in [0.717, 1.165) is 41.9 Å². The fourth-order valence-electron chi connectivity index (χ4n) is 2.99. The Hall–Kier alpha value is -2.73. The molecule has 1 fully saturated rings. The van der Waals surface area contributed by atoms with E-state index in [-0.39, 0.29) is 24.3 Å². The van der Waals surface area contributed by atoms with Gasteiger partial charge >= 0.3 is 0 Å². The van der Waals surface area contributed by atoms with Gasteiger partial charge in [0.1, 0.15) is 12.4 Å². The zero-order valence-corrected chi connectivity index (χ0v) is 16.9. The van der Waals surface area contributed by atoms with Crippen molar-refractivity contribution in [3.63, 3.8) is 0 Å². The van der Waals surface area contributed by atoms with Crippen LogP contribution in [0.1, 0.15) is 19.4 Å². The summed E-state index contributed by atoms with van der Waals surface area (Å²) in [6, 6.07) is 17.4. The van der Waals surface area contributed by atoms with Crippen LogP contribution in [-0.4, -0.2) is 42.3 Å². The Bertz CT molecular complexity index is 846. The first kappa shape index (κ1) is 20.0. The van der Waals surface area contributed by atoms with Crippen molar-refractivity contribution in [2.75, 3.05) is 31.1 Å². The SMILES string of the molecule is CCN(CC)c1ccc(/C=C2\SC(=O)N(CCOc3ccccc3)C2=O)cc1. The zero-order valence-electron chi connectivity index (χ0n) is 16.1. The molecule has 2 aromatic rings. The lowest BCUT2D eigenvalue weighted by atomic mass is 10.1. The number of hydrogen-bond acceptors (Lipinski definition) is 5. The number of carbonyl (C=O) groups is 2. The number of benzene rings is 2. The maximum absolute atomic E-state index is 12.6. The summed E-state index contributed by atoms with van der Waals surface area (Å²) in [5.74, 6) is 0.456. The molecule has 0 aromatic heterocycles. The Kier molecular flexibility index (Phi) is 6.76. The largest absolute Gasteiger partial charge is 0.492 e. The normalized spacial score (nSPS) is 15.4. The summed E-state index contributed by atoms with van der Waals surface area (Å²) in [5.41, 5.74) is 2.05. The van der Waals surface area contributed by atoms with Crippen LogP contribution in [0.15, 0.2) is 59.5 Å². The first-order valence-electron chi connectivity index (χ1n) is 9.40. The third kappa shape index (κ3) is 4.75. The van der Waals surface area contributed by atoms with Crippen LogP contribution < -0.4 is 9.64 Å². The average Bonchev–Trinajstić information content (AvgIpc) is 2.98. The minimum absolute atomic E-state index is 0.234. The van der Waals surface area contributed by atoms with Gasteiger partial charge < -0.3 is 9.64 Å². The Morgan fingerprint density at radius 1 is 1.00 bits per heavy atom. The molecule has 5 nitrogen and oxygen atoms in total. The van der Waals surface area contributed by atoms with E-state index >= 15 is 0 Å². The van der Waals surface area contributed by atoms with Gasteiger partial charge in [-0.05, 0) is 61.5 Å². The summed E-state index contributed by atoms with van der Waals surface area (Å²) in [6.45, 7) is 6.63. The highest BCUT2D eigenvalue weighted by molar-refractivity contribution is 8.18. The van der Waals surface area contributed by atoms with E-state index < -0.39 is 0 Å². The van der Waals surface area contributed by atoms with Crippen molar-refractivity contribution < 1.29 is 14.3 Å². The number of nitrogens with zero attached hydrogens (tertiary/aromatic N) is 2. The quantitative estimate of drug-likeness (QED) is 0.608. The van der Waals surface area contributed by atoms with E-state index in [4.69, 9.17) is 4.74 Å². The third-order valence-electron chi connectivity index (χ3n) is 4.52. The molecule has 2 amide bonds. The van der Waals surface area contributed by atoms with Crippen LogP contribution >= 0.6 is 11.8 Å². The molecule has 0 saturated carbocycles. The van der Waals surface area contributed by atoms with Gasteiger partial charge in [-0.1, -0.05) is 30.3 Å². The predicted octanol–water partition coefficient (Wildman–Crippen LogP) is 4.65. The number of amides is 2. The third-order valence-corrected chi connectivity index (χ3v) is 5.43. The van der Waals surface area contributed by atoms with Gasteiger partial charge in [0.2, 0.25) is 0 Å². The Balaban J connectivity index is 1.62. The predicted molar refractivity (Wildman–Crippen MR) is 115 cm³/mol. The number of anilines is 1. The summed E-state index contributed by atoms with van der Waals surface area (Å²) in [7, 11) is 0. The van der Waals surface area contributed by atoms with E-state index in [1.165, 1.54) is 4.90 Å². The minimum atomic E-state index is -0.264. The lowest BCUT2D eigenvalue weighted by molar-refractivity contribution is -0.123. The molecule has 1 heterocycles. The molecule has 0 bridgehead atoms. The maximum atomic E-state index is 12.6. The second-order valence-electron chi connectivity index (χ2n) is 6.26. The maximum Gasteiger partial charge on any atom is 0.293 e. The molecule has 0 radical (unpaired) electrons. The molecule has 0 spiro atoms. The first-order valence-corrected chi connectivity index (χ1v) is 10.2. The van der Waals surface area contributed by atoms with E-state index in [2.05, 4.69) is 18.7 Å². The lowest BCUT2D eigenvalue weighted by Crippen LogP contribution is -2.32. The van der Waals surface area contributed by atoms with Gasteiger partial charge in [0, 0.05) is 18.8 Å². The number of para-hydroxylation sites is 1. The van der Waals surface area contributed by atoms with Gasteiger partial charge in [0.15, 0.2) is 0 Å². The number of imide groups is 1. The van der Waals surface area contributed by atoms with Crippen LogP contribution in [0.4, 0.5) is 10.5 Å². The van der Waals surface area contributed by atoms with Gasteiger partial charge in [0.05, 0.1) is 11.4 Å². The van der Waals surface area contributed by atoms with Crippen LogP contribution in [0.3, 0.4) is 0 Å². The van der Waals surface area contributed by atoms with Crippen molar-refractivity contribution in [3.05, 3.63) is 65.1 Å². The Morgan fingerprint density at radius 3 is 2.32 bits per heavy atom. The molecular weight excluding hydrogens is 372 g/mol. The number of ether oxygens (including phenoxy) is 1. The molecule has 0 atom stereocenters. The van der Waals surface area contributed by atoms with Crippen molar-refractivity contribution in [3.8, 4) is 5.75 Å². The van der Waals surface area contributed by atoms with E-state index in [1.807, 2.05) is 54.6 Å². The summed E-state index contributed by atoms with van der Waals surface area (Å²) in [5, 5.41) is -0.257. The Morgan fingerprint density at radius 2 is 1.68 bits per heavy atom. The van der Waals surface area contributed by atoms with Crippen LogP contribution in [0, 0.1) is 0 Å². The monoisotopic (exact) mass is 396 g/mol. The molecule has 0 N–H and O–H groups in total. The second-order valence-corrected chi connectivity index (χ2v) is 7.25. The molecule has 0 unspecified atom stereocenters. The highest BCUT2D eigenvalue weighted by Gasteiger charge is 2.34. The van der Waals surface area contributed by atoms with Crippen LogP contribution in [-0.2, 0) is 4.79 Å². The van der Waals surface area contributed by atoms with Gasteiger partial charge in [-0.2, -0.15) is 0 Å². The Labute approximate surface area is 170 Å². The van der Waals surface area contributed by atoms with Crippen molar-refractivity contribution in [1.29, 1.82) is 0 Å². The highest BCUT2D eigenvalue weighted by Crippen LogP contribution is 2.32. The standard InChI is InChI=1S/C22H24N2O3S/c1-3-23(4-2)18-12-10-17(11-13-18)16-20-21(25)24(22(26)28-20)14-15-27-19-8-6-5-7-9-19/h5-13,16H,3-4,14-15H2,1-2H3/b20-16-. The fourth-order valence-corrected chi connectivity index (χ4v) is 3.85. The van der Waals surface area contributed by atoms with E-state index in [0.29, 0.717) is 4.91 Å². The second kappa shape index (κ2) is 9.46. The fraction of sp³-hybridized carbons (Fsp3) is 0.273.